The lowest BCUT2D eigenvalue weighted by atomic mass is 10.0. The minimum absolute atomic E-state index is 0.696. The van der Waals surface area contributed by atoms with Crippen molar-refractivity contribution in [1.29, 1.82) is 0 Å². The second-order valence-electron chi connectivity index (χ2n) is 9.42. The molecular formula is C28H25N7S. The smallest absolute Gasteiger partial charge is 0.181 e. The highest BCUT2D eigenvalue weighted by molar-refractivity contribution is 7.13. The minimum Gasteiger partial charge on any atom is -0.352 e. The van der Waals surface area contributed by atoms with Crippen LogP contribution in [0.15, 0.2) is 66.7 Å². The molecule has 7 heterocycles. The summed E-state index contributed by atoms with van der Waals surface area (Å²) in [7, 11) is 0. The summed E-state index contributed by atoms with van der Waals surface area (Å²) in [5, 5.41) is 11.9. The van der Waals surface area contributed by atoms with Gasteiger partial charge in [0.1, 0.15) is 0 Å². The van der Waals surface area contributed by atoms with Crippen molar-refractivity contribution in [2.75, 3.05) is 13.1 Å². The molecule has 0 amide bonds. The van der Waals surface area contributed by atoms with Crippen molar-refractivity contribution in [1.82, 2.24) is 35.0 Å². The van der Waals surface area contributed by atoms with E-state index in [0.29, 0.717) is 5.65 Å². The average molecular weight is 492 g/mol. The van der Waals surface area contributed by atoms with Gasteiger partial charge in [-0.1, -0.05) is 12.5 Å². The Morgan fingerprint density at radius 1 is 0.889 bits per heavy atom. The summed E-state index contributed by atoms with van der Waals surface area (Å²) >= 11 is 1.72. The van der Waals surface area contributed by atoms with Gasteiger partial charge < -0.3 is 4.98 Å². The molecule has 0 unspecified atom stereocenters. The Morgan fingerprint density at radius 3 is 2.67 bits per heavy atom. The van der Waals surface area contributed by atoms with E-state index >= 15 is 0 Å². The molecule has 0 aliphatic carbocycles. The highest BCUT2D eigenvalue weighted by Crippen LogP contribution is 2.35. The normalized spacial score (nSPS) is 14.7. The van der Waals surface area contributed by atoms with Crippen LogP contribution in [0.25, 0.3) is 54.9 Å². The van der Waals surface area contributed by atoms with Gasteiger partial charge in [0, 0.05) is 63.7 Å². The summed E-state index contributed by atoms with van der Waals surface area (Å²) in [6, 6.07) is 10.8. The van der Waals surface area contributed by atoms with E-state index in [0.717, 1.165) is 50.9 Å². The zero-order chi connectivity index (χ0) is 23.9. The number of pyridine rings is 3. The maximum atomic E-state index is 4.66. The summed E-state index contributed by atoms with van der Waals surface area (Å²) in [6.07, 6.45) is 13.5. The van der Waals surface area contributed by atoms with Crippen molar-refractivity contribution in [2.24, 2.45) is 0 Å². The van der Waals surface area contributed by atoms with Gasteiger partial charge in [-0.25, -0.2) is 4.98 Å². The van der Waals surface area contributed by atoms with Crippen molar-refractivity contribution in [3.05, 3.63) is 72.3 Å². The second kappa shape index (κ2) is 8.96. The van der Waals surface area contributed by atoms with Crippen LogP contribution < -0.4 is 0 Å². The third kappa shape index (κ3) is 3.88. The van der Waals surface area contributed by atoms with E-state index in [1.807, 2.05) is 31.0 Å². The quantitative estimate of drug-likeness (QED) is 0.296. The van der Waals surface area contributed by atoms with Crippen LogP contribution in [-0.4, -0.2) is 48.1 Å². The largest absolute Gasteiger partial charge is 0.352 e. The number of nitrogens with zero attached hydrogens (tertiary/aromatic N) is 5. The van der Waals surface area contributed by atoms with Crippen LogP contribution in [-0.2, 0) is 6.54 Å². The summed E-state index contributed by atoms with van der Waals surface area (Å²) in [6.45, 7) is 3.29. The maximum absolute atomic E-state index is 4.66. The molecule has 7 rings (SSSR count). The van der Waals surface area contributed by atoms with Crippen molar-refractivity contribution >= 4 is 33.3 Å². The van der Waals surface area contributed by atoms with Gasteiger partial charge in [-0.3, -0.25) is 20.0 Å². The van der Waals surface area contributed by atoms with E-state index in [-0.39, 0.29) is 0 Å². The van der Waals surface area contributed by atoms with Crippen LogP contribution in [0.2, 0.25) is 0 Å². The Kier molecular flexibility index (Phi) is 5.33. The summed E-state index contributed by atoms with van der Waals surface area (Å²) in [4.78, 5) is 20.9. The zero-order valence-corrected chi connectivity index (χ0v) is 20.6. The third-order valence-corrected chi connectivity index (χ3v) is 7.90. The van der Waals surface area contributed by atoms with Gasteiger partial charge in [-0.2, -0.15) is 5.10 Å². The van der Waals surface area contributed by atoms with Crippen LogP contribution in [0.5, 0.6) is 0 Å². The summed E-state index contributed by atoms with van der Waals surface area (Å²) in [5.41, 5.74) is 8.07. The molecular weight excluding hydrogens is 466 g/mol. The monoisotopic (exact) mass is 491 g/mol. The molecule has 0 radical (unpaired) electrons. The molecule has 0 atom stereocenters. The fraction of sp³-hybridized carbons (Fsp3) is 0.214. The van der Waals surface area contributed by atoms with Crippen molar-refractivity contribution in [3.8, 4) is 33.0 Å². The molecule has 1 fully saturated rings. The van der Waals surface area contributed by atoms with E-state index in [1.54, 1.807) is 11.3 Å². The molecule has 8 heteroatoms. The standard InChI is InChI=1S/C28H25N7S/c1-2-6-35(7-3-1)17-18-9-19(13-29-12-18)20-10-22-27(33-34-28(22)31-14-20)24-11-21-23(26-5-4-8-36-26)15-30-16-25(21)32-24/h4-5,8-16,32H,1-3,6-7,17H2,(H,31,33,34). The second-order valence-corrected chi connectivity index (χ2v) is 10.4. The number of aromatic amines is 2. The van der Waals surface area contributed by atoms with Crippen LogP contribution in [0.4, 0.5) is 0 Å². The molecule has 1 saturated heterocycles. The lowest BCUT2D eigenvalue weighted by molar-refractivity contribution is 0.220. The first-order valence-corrected chi connectivity index (χ1v) is 13.2. The van der Waals surface area contributed by atoms with Crippen molar-refractivity contribution in [3.63, 3.8) is 0 Å². The first-order valence-electron chi connectivity index (χ1n) is 12.3. The van der Waals surface area contributed by atoms with E-state index in [2.05, 4.69) is 70.7 Å². The molecule has 2 N–H and O–H groups in total. The van der Waals surface area contributed by atoms with Gasteiger partial charge in [0.25, 0.3) is 0 Å². The van der Waals surface area contributed by atoms with Crippen LogP contribution in [0.1, 0.15) is 24.8 Å². The van der Waals surface area contributed by atoms with Gasteiger partial charge in [0.15, 0.2) is 5.65 Å². The molecule has 0 spiro atoms. The molecule has 36 heavy (non-hydrogen) atoms. The van der Waals surface area contributed by atoms with Gasteiger partial charge in [0.2, 0.25) is 0 Å². The lowest BCUT2D eigenvalue weighted by Gasteiger charge is -2.26. The van der Waals surface area contributed by atoms with E-state index in [4.69, 9.17) is 0 Å². The van der Waals surface area contributed by atoms with Gasteiger partial charge in [-0.15, -0.1) is 11.3 Å². The van der Waals surface area contributed by atoms with Gasteiger partial charge in [0.05, 0.1) is 23.1 Å². The third-order valence-electron chi connectivity index (χ3n) is 6.99. The number of hydrogen-bond donors (Lipinski definition) is 2. The topological polar surface area (TPSA) is 86.4 Å². The fourth-order valence-electron chi connectivity index (χ4n) is 5.18. The first kappa shape index (κ1) is 21.4. The number of thiophene rings is 1. The van der Waals surface area contributed by atoms with Gasteiger partial charge >= 0.3 is 0 Å². The maximum Gasteiger partial charge on any atom is 0.181 e. The number of rotatable bonds is 5. The zero-order valence-electron chi connectivity index (χ0n) is 19.7. The number of likely N-dealkylation sites (tertiary alicyclic amines) is 1. The average Bonchev–Trinajstić information content (AvgIpc) is 3.68. The Bertz CT molecular complexity index is 1660. The van der Waals surface area contributed by atoms with Crippen molar-refractivity contribution in [2.45, 2.75) is 25.8 Å². The Labute approximate surface area is 212 Å². The molecule has 0 aromatic carbocycles. The Balaban J connectivity index is 1.26. The number of H-pyrrole nitrogens is 2. The summed E-state index contributed by atoms with van der Waals surface area (Å²) < 4.78 is 0. The molecule has 6 aromatic rings. The number of aromatic nitrogens is 6. The fourth-order valence-corrected chi connectivity index (χ4v) is 5.93. The minimum atomic E-state index is 0.696. The molecule has 1 aliphatic heterocycles. The number of nitrogens with one attached hydrogen (secondary N) is 2. The summed E-state index contributed by atoms with van der Waals surface area (Å²) in [5.74, 6) is 0. The molecule has 178 valence electrons. The van der Waals surface area contributed by atoms with E-state index in [1.165, 1.54) is 42.8 Å². The van der Waals surface area contributed by atoms with Crippen LogP contribution >= 0.6 is 11.3 Å². The predicted octanol–water partition coefficient (Wildman–Crippen LogP) is 6.28. The first-order chi connectivity index (χ1) is 17.8. The highest BCUT2D eigenvalue weighted by atomic mass is 32.1. The molecule has 7 nitrogen and oxygen atoms in total. The Hall–Kier alpha value is -3.88. The Morgan fingerprint density at radius 2 is 1.78 bits per heavy atom. The molecule has 1 aliphatic rings. The van der Waals surface area contributed by atoms with E-state index < -0.39 is 0 Å². The highest BCUT2D eigenvalue weighted by Gasteiger charge is 2.16. The predicted molar refractivity (Wildman–Crippen MR) is 145 cm³/mol. The molecule has 0 saturated carbocycles. The van der Waals surface area contributed by atoms with Crippen LogP contribution in [0, 0.1) is 0 Å². The lowest BCUT2D eigenvalue weighted by Crippen LogP contribution is -2.29. The SMILES string of the molecule is c1csc(-c2cncc3[nH]c(-c4[nH]nc5ncc(-c6cncc(CN7CCCCC7)c6)cc45)cc23)c1. The number of fused-ring (bicyclic) bond motifs is 2. The molecule has 6 aromatic heterocycles. The molecule has 0 bridgehead atoms. The number of piperidine rings is 1. The van der Waals surface area contributed by atoms with Crippen molar-refractivity contribution < 1.29 is 0 Å². The van der Waals surface area contributed by atoms with Crippen LogP contribution in [0.3, 0.4) is 0 Å². The number of hydrogen-bond acceptors (Lipinski definition) is 6. The van der Waals surface area contributed by atoms with E-state index in [9.17, 15) is 0 Å². The van der Waals surface area contributed by atoms with Gasteiger partial charge in [-0.05, 0) is 61.1 Å².